The van der Waals surface area contributed by atoms with Gasteiger partial charge in [0.25, 0.3) is 0 Å². The maximum Gasteiger partial charge on any atom is 0.247 e. The minimum absolute atomic E-state index is 0.113. The lowest BCUT2D eigenvalue weighted by molar-refractivity contribution is -0.140. The quantitative estimate of drug-likeness (QED) is 0.199. The van der Waals surface area contributed by atoms with E-state index in [9.17, 15) is 19.2 Å². The van der Waals surface area contributed by atoms with Crippen molar-refractivity contribution in [2.45, 2.75) is 46.1 Å². The minimum Gasteiger partial charge on any atom is -0.326 e. The lowest BCUT2D eigenvalue weighted by Gasteiger charge is -2.33. The number of nitrogens with zero attached hydrogens (tertiary/aromatic N) is 3. The van der Waals surface area contributed by atoms with Gasteiger partial charge in [-0.2, -0.15) is 0 Å². The molecule has 1 aliphatic heterocycles. The van der Waals surface area contributed by atoms with Crippen LogP contribution in [0.25, 0.3) is 0 Å². The zero-order valence-electron chi connectivity index (χ0n) is 25.9. The summed E-state index contributed by atoms with van der Waals surface area (Å²) in [5, 5.41) is 2.87. The molecule has 0 fully saturated rings. The van der Waals surface area contributed by atoms with Crippen molar-refractivity contribution in [3.8, 4) is 0 Å². The molecule has 0 bridgehead atoms. The van der Waals surface area contributed by atoms with Crippen LogP contribution < -0.4 is 20.0 Å². The fourth-order valence-corrected chi connectivity index (χ4v) is 5.82. The van der Waals surface area contributed by atoms with Crippen LogP contribution in [-0.4, -0.2) is 36.2 Å². The van der Waals surface area contributed by atoms with Crippen LogP contribution in [-0.2, 0) is 19.2 Å². The van der Waals surface area contributed by atoms with Gasteiger partial charge in [0.2, 0.25) is 23.6 Å². The topological polar surface area (TPSA) is 90.0 Å². The normalized spacial score (nSPS) is 16.3. The highest BCUT2D eigenvalue weighted by atomic mass is 16.2. The summed E-state index contributed by atoms with van der Waals surface area (Å²) < 4.78 is 0. The minimum atomic E-state index is -1.56. The van der Waals surface area contributed by atoms with Gasteiger partial charge >= 0.3 is 0 Å². The molecule has 45 heavy (non-hydrogen) atoms. The third-order valence-corrected chi connectivity index (χ3v) is 8.07. The van der Waals surface area contributed by atoms with Gasteiger partial charge in [0, 0.05) is 29.5 Å². The van der Waals surface area contributed by atoms with Crippen LogP contribution in [0.5, 0.6) is 0 Å². The van der Waals surface area contributed by atoms with Gasteiger partial charge in [-0.15, -0.1) is 0 Å². The summed E-state index contributed by atoms with van der Waals surface area (Å²) in [5.41, 5.74) is 1.43. The molecular weight excluding hydrogens is 564 g/mol. The van der Waals surface area contributed by atoms with Gasteiger partial charge in [0.1, 0.15) is 12.0 Å². The van der Waals surface area contributed by atoms with Gasteiger partial charge in [-0.3, -0.25) is 29.0 Å². The van der Waals surface area contributed by atoms with Gasteiger partial charge in [-0.25, -0.2) is 0 Å². The Labute approximate surface area is 264 Å². The number of hydrogen-bond acceptors (Lipinski definition) is 4. The summed E-state index contributed by atoms with van der Waals surface area (Å²) in [5.74, 6) is -1.37. The van der Waals surface area contributed by atoms with Crippen molar-refractivity contribution in [2.75, 3.05) is 26.6 Å². The number of carbonyl (C=O) groups is 4. The van der Waals surface area contributed by atoms with Crippen LogP contribution in [0, 0.1) is 5.41 Å². The summed E-state index contributed by atoms with van der Waals surface area (Å²) in [7, 11) is 0. The van der Waals surface area contributed by atoms with E-state index >= 15 is 0 Å². The Balaban J connectivity index is 1.51. The van der Waals surface area contributed by atoms with Gasteiger partial charge in [0.15, 0.2) is 0 Å². The molecule has 1 N–H and O–H groups in total. The molecule has 0 saturated heterocycles. The number of rotatable bonds is 10. The lowest BCUT2D eigenvalue weighted by Crippen LogP contribution is -2.52. The molecule has 8 heteroatoms. The lowest BCUT2D eigenvalue weighted by atomic mass is 9.81. The SMILES string of the molecule is CC(C)N(C(=O)CN1C(=O)C(C)(CCCC(=O)Nc2ccccc2)C(=O)N(c2ccccc2)c2ccccc21)c1ccccc1. The van der Waals surface area contributed by atoms with E-state index in [1.807, 2.05) is 98.8 Å². The Morgan fingerprint density at radius 1 is 0.756 bits per heavy atom. The van der Waals surface area contributed by atoms with Crippen LogP contribution in [0.15, 0.2) is 115 Å². The van der Waals surface area contributed by atoms with Gasteiger partial charge in [-0.05, 0) is 82.1 Å². The molecule has 0 radical (unpaired) electrons. The van der Waals surface area contributed by atoms with E-state index in [0.29, 0.717) is 22.7 Å². The second kappa shape index (κ2) is 13.6. The van der Waals surface area contributed by atoms with Gasteiger partial charge < -0.3 is 10.2 Å². The Morgan fingerprint density at radius 2 is 1.31 bits per heavy atom. The van der Waals surface area contributed by atoms with E-state index in [4.69, 9.17) is 0 Å². The Hall–Kier alpha value is -5.24. The fourth-order valence-electron chi connectivity index (χ4n) is 5.82. The highest BCUT2D eigenvalue weighted by molar-refractivity contribution is 6.24. The van der Waals surface area contributed by atoms with E-state index in [2.05, 4.69) is 5.32 Å². The molecule has 0 aliphatic carbocycles. The molecule has 1 unspecified atom stereocenters. The monoisotopic (exact) mass is 602 g/mol. The number of hydrogen-bond donors (Lipinski definition) is 1. The van der Waals surface area contributed by atoms with Crippen molar-refractivity contribution in [1.82, 2.24) is 0 Å². The highest BCUT2D eigenvalue weighted by Gasteiger charge is 2.50. The second-order valence-electron chi connectivity index (χ2n) is 11.6. The average Bonchev–Trinajstić information content (AvgIpc) is 3.10. The average molecular weight is 603 g/mol. The van der Waals surface area contributed by atoms with E-state index in [1.165, 1.54) is 4.90 Å². The molecule has 8 nitrogen and oxygen atoms in total. The maximum atomic E-state index is 14.7. The van der Waals surface area contributed by atoms with Crippen LogP contribution in [0.4, 0.5) is 28.4 Å². The van der Waals surface area contributed by atoms with Crippen molar-refractivity contribution >= 4 is 52.1 Å². The summed E-state index contributed by atoms with van der Waals surface area (Å²) >= 11 is 0. The van der Waals surface area contributed by atoms with Gasteiger partial charge in [-0.1, -0.05) is 66.7 Å². The molecule has 4 aromatic rings. The van der Waals surface area contributed by atoms with E-state index in [-0.39, 0.29) is 43.7 Å². The molecule has 1 atom stereocenters. The van der Waals surface area contributed by atoms with E-state index in [1.54, 1.807) is 47.1 Å². The summed E-state index contributed by atoms with van der Waals surface area (Å²) in [6, 6.07) is 34.7. The standard InChI is InChI=1S/C37H38N4O4/c1-27(2)40(29-18-9-5-10-19-29)34(43)26-39-31-22-13-14-23-32(31)41(30-20-11-6-12-21-30)36(45)37(3,35(39)44)25-15-24-33(42)38-28-16-7-4-8-17-28/h4-14,16-23,27H,15,24-26H2,1-3H3,(H,38,42). The molecule has 1 aliphatic rings. The van der Waals surface area contributed by atoms with Crippen molar-refractivity contribution in [3.63, 3.8) is 0 Å². The molecule has 230 valence electrons. The molecule has 4 amide bonds. The molecule has 0 spiro atoms. The predicted octanol–water partition coefficient (Wildman–Crippen LogP) is 6.95. The first-order valence-electron chi connectivity index (χ1n) is 15.2. The van der Waals surface area contributed by atoms with Crippen LogP contribution in [0.2, 0.25) is 0 Å². The molecule has 5 rings (SSSR count). The maximum absolute atomic E-state index is 14.7. The number of para-hydroxylation sites is 5. The first-order valence-corrected chi connectivity index (χ1v) is 15.2. The van der Waals surface area contributed by atoms with E-state index < -0.39 is 17.2 Å². The smallest absolute Gasteiger partial charge is 0.247 e. The number of nitrogens with one attached hydrogen (secondary N) is 1. The predicted molar refractivity (Wildman–Crippen MR) is 178 cm³/mol. The van der Waals surface area contributed by atoms with Crippen molar-refractivity contribution in [1.29, 1.82) is 0 Å². The number of amides is 4. The number of fused-ring (bicyclic) bond motifs is 1. The van der Waals surface area contributed by atoms with Crippen LogP contribution in [0.1, 0.15) is 40.0 Å². The summed E-state index contributed by atoms with van der Waals surface area (Å²) in [6.45, 7) is 5.22. The number of anilines is 5. The molecule has 0 saturated carbocycles. The molecule has 4 aromatic carbocycles. The zero-order chi connectivity index (χ0) is 32.0. The third kappa shape index (κ3) is 6.65. The van der Waals surface area contributed by atoms with Gasteiger partial charge in [0.05, 0.1) is 11.4 Å². The van der Waals surface area contributed by atoms with Crippen molar-refractivity contribution in [3.05, 3.63) is 115 Å². The number of carbonyl (C=O) groups excluding carboxylic acids is 4. The number of benzene rings is 4. The summed E-state index contributed by atoms with van der Waals surface area (Å²) in [6.07, 6.45) is 0.522. The Bertz CT molecular complexity index is 1660. The van der Waals surface area contributed by atoms with Crippen molar-refractivity contribution in [2.24, 2.45) is 5.41 Å². The molecular formula is C37H38N4O4. The third-order valence-electron chi connectivity index (χ3n) is 8.07. The first kappa shape index (κ1) is 31.2. The Kier molecular flexibility index (Phi) is 9.42. The highest BCUT2D eigenvalue weighted by Crippen LogP contribution is 2.44. The van der Waals surface area contributed by atoms with E-state index in [0.717, 1.165) is 5.69 Å². The van der Waals surface area contributed by atoms with Crippen molar-refractivity contribution < 1.29 is 19.2 Å². The molecule has 1 heterocycles. The van der Waals surface area contributed by atoms with Crippen LogP contribution in [0.3, 0.4) is 0 Å². The Morgan fingerprint density at radius 3 is 1.93 bits per heavy atom. The zero-order valence-corrected chi connectivity index (χ0v) is 25.9. The summed E-state index contributed by atoms with van der Waals surface area (Å²) in [4.78, 5) is 60.7. The second-order valence-corrected chi connectivity index (χ2v) is 11.6. The first-order chi connectivity index (χ1) is 21.7. The fraction of sp³-hybridized carbons (Fsp3) is 0.243. The molecule has 0 aromatic heterocycles. The largest absolute Gasteiger partial charge is 0.326 e. The van der Waals surface area contributed by atoms with Crippen LogP contribution >= 0.6 is 0 Å².